The SMILES string of the molecule is CC(C(=O)O)C1CN(C(=O)NCCC(C)(C)C)C1. The van der Waals surface area contributed by atoms with Gasteiger partial charge in [0.2, 0.25) is 0 Å². The van der Waals surface area contributed by atoms with Gasteiger partial charge >= 0.3 is 12.0 Å². The highest BCUT2D eigenvalue weighted by atomic mass is 16.4. The van der Waals surface area contributed by atoms with Crippen molar-refractivity contribution in [2.45, 2.75) is 34.1 Å². The Morgan fingerprint density at radius 2 is 1.94 bits per heavy atom. The molecule has 1 aliphatic heterocycles. The van der Waals surface area contributed by atoms with Gasteiger partial charge in [-0.25, -0.2) is 4.79 Å². The second-order valence-corrected chi connectivity index (χ2v) is 6.33. The lowest BCUT2D eigenvalue weighted by Crippen LogP contribution is -2.56. The lowest BCUT2D eigenvalue weighted by molar-refractivity contribution is -0.144. The molecule has 0 aromatic heterocycles. The molecular weight excluding hydrogens is 232 g/mol. The first kappa shape index (κ1) is 14.8. The van der Waals surface area contributed by atoms with Crippen LogP contribution in [0.15, 0.2) is 0 Å². The molecule has 0 aromatic rings. The van der Waals surface area contributed by atoms with Gasteiger partial charge in [-0.15, -0.1) is 0 Å². The summed E-state index contributed by atoms with van der Waals surface area (Å²) in [5, 5.41) is 11.7. The minimum Gasteiger partial charge on any atom is -0.481 e. The monoisotopic (exact) mass is 256 g/mol. The molecule has 1 saturated heterocycles. The van der Waals surface area contributed by atoms with Crippen molar-refractivity contribution in [2.75, 3.05) is 19.6 Å². The topological polar surface area (TPSA) is 69.6 Å². The molecule has 2 N–H and O–H groups in total. The average Bonchev–Trinajstić information content (AvgIpc) is 2.12. The first-order valence-corrected chi connectivity index (χ1v) is 6.46. The summed E-state index contributed by atoms with van der Waals surface area (Å²) in [7, 11) is 0. The van der Waals surface area contributed by atoms with Crippen LogP contribution in [-0.4, -0.2) is 41.6 Å². The van der Waals surface area contributed by atoms with Gasteiger partial charge in [0.15, 0.2) is 0 Å². The summed E-state index contributed by atoms with van der Waals surface area (Å²) >= 11 is 0. The van der Waals surface area contributed by atoms with Gasteiger partial charge in [-0.05, 0) is 11.8 Å². The molecule has 0 bridgehead atoms. The van der Waals surface area contributed by atoms with Gasteiger partial charge in [-0.1, -0.05) is 27.7 Å². The van der Waals surface area contributed by atoms with E-state index in [2.05, 4.69) is 26.1 Å². The fourth-order valence-electron chi connectivity index (χ4n) is 1.85. The van der Waals surface area contributed by atoms with Crippen LogP contribution < -0.4 is 5.32 Å². The molecule has 1 aliphatic rings. The van der Waals surface area contributed by atoms with Crippen molar-refractivity contribution < 1.29 is 14.7 Å². The van der Waals surface area contributed by atoms with Crippen molar-refractivity contribution in [3.05, 3.63) is 0 Å². The number of carboxylic acid groups (broad SMARTS) is 1. The van der Waals surface area contributed by atoms with Crippen LogP contribution in [0.1, 0.15) is 34.1 Å². The molecule has 1 unspecified atom stereocenters. The van der Waals surface area contributed by atoms with Crippen LogP contribution in [0, 0.1) is 17.3 Å². The molecule has 1 rings (SSSR count). The van der Waals surface area contributed by atoms with E-state index in [9.17, 15) is 9.59 Å². The molecule has 5 nitrogen and oxygen atoms in total. The van der Waals surface area contributed by atoms with E-state index in [0.717, 1.165) is 6.42 Å². The number of carbonyl (C=O) groups is 2. The highest BCUT2D eigenvalue weighted by Crippen LogP contribution is 2.24. The maximum Gasteiger partial charge on any atom is 0.317 e. The van der Waals surface area contributed by atoms with E-state index in [-0.39, 0.29) is 23.3 Å². The predicted molar refractivity (Wildman–Crippen MR) is 69.3 cm³/mol. The van der Waals surface area contributed by atoms with Gasteiger partial charge in [0, 0.05) is 25.6 Å². The molecule has 1 heterocycles. The van der Waals surface area contributed by atoms with Gasteiger partial charge in [0.05, 0.1) is 5.92 Å². The number of carbonyl (C=O) groups excluding carboxylic acids is 1. The van der Waals surface area contributed by atoms with Crippen LogP contribution >= 0.6 is 0 Å². The van der Waals surface area contributed by atoms with Gasteiger partial charge in [0.1, 0.15) is 0 Å². The first-order valence-electron chi connectivity index (χ1n) is 6.46. The summed E-state index contributed by atoms with van der Waals surface area (Å²) in [5.41, 5.74) is 0.211. The van der Waals surface area contributed by atoms with Crippen LogP contribution in [0.25, 0.3) is 0 Å². The Bertz CT molecular complexity index is 317. The van der Waals surface area contributed by atoms with Crippen LogP contribution in [0.3, 0.4) is 0 Å². The Kier molecular flexibility index (Phi) is 4.59. The molecule has 0 saturated carbocycles. The third-order valence-electron chi connectivity index (χ3n) is 3.44. The molecule has 104 valence electrons. The maximum atomic E-state index is 11.7. The normalized spacial score (nSPS) is 18.1. The molecule has 1 fully saturated rings. The smallest absolute Gasteiger partial charge is 0.317 e. The van der Waals surface area contributed by atoms with Crippen molar-refractivity contribution >= 4 is 12.0 Å². The number of carboxylic acids is 1. The molecule has 1 atom stereocenters. The number of amides is 2. The van der Waals surface area contributed by atoms with E-state index in [0.29, 0.717) is 19.6 Å². The summed E-state index contributed by atoms with van der Waals surface area (Å²) in [5.74, 6) is -1.06. The zero-order chi connectivity index (χ0) is 13.9. The van der Waals surface area contributed by atoms with Gasteiger partial charge < -0.3 is 15.3 Å². The Balaban J connectivity index is 2.21. The quantitative estimate of drug-likeness (QED) is 0.805. The number of urea groups is 1. The van der Waals surface area contributed by atoms with Crippen molar-refractivity contribution in [1.82, 2.24) is 10.2 Å². The third-order valence-corrected chi connectivity index (χ3v) is 3.44. The van der Waals surface area contributed by atoms with Crippen molar-refractivity contribution in [1.29, 1.82) is 0 Å². The van der Waals surface area contributed by atoms with Gasteiger partial charge in [0.25, 0.3) is 0 Å². The molecular formula is C13H24N2O3. The average molecular weight is 256 g/mol. The summed E-state index contributed by atoms with van der Waals surface area (Å²) < 4.78 is 0. The van der Waals surface area contributed by atoms with E-state index >= 15 is 0 Å². The van der Waals surface area contributed by atoms with E-state index in [1.165, 1.54) is 0 Å². The highest BCUT2D eigenvalue weighted by Gasteiger charge is 2.37. The second kappa shape index (κ2) is 5.59. The highest BCUT2D eigenvalue weighted by molar-refractivity contribution is 5.76. The lowest BCUT2D eigenvalue weighted by atomic mass is 9.87. The lowest BCUT2D eigenvalue weighted by Gasteiger charge is -2.41. The Labute approximate surface area is 109 Å². The number of nitrogens with one attached hydrogen (secondary N) is 1. The zero-order valence-electron chi connectivity index (χ0n) is 11.7. The Morgan fingerprint density at radius 3 is 2.39 bits per heavy atom. The van der Waals surface area contributed by atoms with Crippen LogP contribution in [0.2, 0.25) is 0 Å². The predicted octanol–water partition coefficient (Wildman–Crippen LogP) is 1.78. The first-order chi connectivity index (χ1) is 8.20. The second-order valence-electron chi connectivity index (χ2n) is 6.33. The van der Waals surface area contributed by atoms with Crippen molar-refractivity contribution in [2.24, 2.45) is 17.3 Å². The molecule has 5 heteroatoms. The van der Waals surface area contributed by atoms with Gasteiger partial charge in [-0.2, -0.15) is 0 Å². The van der Waals surface area contributed by atoms with E-state index in [1.807, 2.05) is 0 Å². The largest absolute Gasteiger partial charge is 0.481 e. The molecule has 0 aliphatic carbocycles. The molecule has 0 radical (unpaired) electrons. The van der Waals surface area contributed by atoms with Gasteiger partial charge in [-0.3, -0.25) is 4.79 Å². The van der Waals surface area contributed by atoms with Crippen LogP contribution in [0.4, 0.5) is 4.79 Å². The van der Waals surface area contributed by atoms with Crippen LogP contribution in [-0.2, 0) is 4.79 Å². The van der Waals surface area contributed by atoms with Crippen molar-refractivity contribution in [3.8, 4) is 0 Å². The maximum absolute atomic E-state index is 11.7. The molecule has 2 amide bonds. The summed E-state index contributed by atoms with van der Waals surface area (Å²) in [6, 6.07) is -0.0758. The molecule has 0 aromatic carbocycles. The minimum atomic E-state index is -0.784. The fourth-order valence-corrected chi connectivity index (χ4v) is 1.85. The number of nitrogens with zero attached hydrogens (tertiary/aromatic N) is 1. The summed E-state index contributed by atoms with van der Waals surface area (Å²) in [6.07, 6.45) is 0.932. The number of likely N-dealkylation sites (tertiary alicyclic amines) is 1. The van der Waals surface area contributed by atoms with E-state index in [1.54, 1.807) is 11.8 Å². The Morgan fingerprint density at radius 1 is 1.39 bits per heavy atom. The molecule has 18 heavy (non-hydrogen) atoms. The Hall–Kier alpha value is -1.26. The van der Waals surface area contributed by atoms with E-state index < -0.39 is 5.97 Å². The number of hydrogen-bond acceptors (Lipinski definition) is 2. The summed E-state index contributed by atoms with van der Waals surface area (Å²) in [4.78, 5) is 24.2. The fraction of sp³-hybridized carbons (Fsp3) is 0.846. The molecule has 0 spiro atoms. The number of rotatable bonds is 4. The summed E-state index contributed by atoms with van der Waals surface area (Å²) in [6.45, 7) is 9.86. The van der Waals surface area contributed by atoms with Crippen molar-refractivity contribution in [3.63, 3.8) is 0 Å². The van der Waals surface area contributed by atoms with E-state index in [4.69, 9.17) is 5.11 Å². The zero-order valence-corrected chi connectivity index (χ0v) is 11.7. The van der Waals surface area contributed by atoms with Crippen LogP contribution in [0.5, 0.6) is 0 Å². The minimum absolute atomic E-state index is 0.0758. The third kappa shape index (κ3) is 4.20. The standard InChI is InChI=1S/C13H24N2O3/c1-9(11(16)17)10-7-15(8-10)12(18)14-6-5-13(2,3)4/h9-10H,5-8H2,1-4H3,(H,14,18)(H,16,17). The number of hydrogen-bond donors (Lipinski definition) is 2. The number of aliphatic carboxylic acids is 1.